The van der Waals surface area contributed by atoms with E-state index < -0.39 is 5.60 Å². The fourth-order valence-corrected chi connectivity index (χ4v) is 0.395. The van der Waals surface area contributed by atoms with Gasteiger partial charge in [-0.1, -0.05) is 0 Å². The van der Waals surface area contributed by atoms with E-state index in [2.05, 4.69) is 10.7 Å². The topological polar surface area (TPSA) is 26.3 Å². The molecule has 0 aromatic heterocycles. The Kier molecular flexibility index (Phi) is 2.80. The molecule has 2 nitrogen and oxygen atoms in total. The van der Waals surface area contributed by atoms with E-state index in [4.69, 9.17) is 6.42 Å². The van der Waals surface area contributed by atoms with Gasteiger partial charge in [0.2, 0.25) is 0 Å². The molecule has 0 saturated carbocycles. The highest BCUT2D eigenvalue weighted by atomic mass is 16.5. The van der Waals surface area contributed by atoms with Crippen molar-refractivity contribution in [3.63, 3.8) is 0 Å². The van der Waals surface area contributed by atoms with Gasteiger partial charge in [0.1, 0.15) is 5.60 Å². The summed E-state index contributed by atoms with van der Waals surface area (Å²) in [6.45, 7) is 4.82. The van der Waals surface area contributed by atoms with Crippen LogP contribution in [0.5, 0.6) is 0 Å². The molecular weight excluding hydrogens is 116 g/mol. The van der Waals surface area contributed by atoms with Crippen LogP contribution in [0.25, 0.3) is 0 Å². The van der Waals surface area contributed by atoms with Crippen molar-refractivity contribution in [3.8, 4) is 12.3 Å². The van der Waals surface area contributed by atoms with E-state index in [1.54, 1.807) is 13.8 Å². The van der Waals surface area contributed by atoms with Crippen LogP contribution in [0, 0.1) is 12.3 Å². The maximum Gasteiger partial charge on any atom is 0.418 e. The number of terminal acetylenes is 1. The van der Waals surface area contributed by atoms with Crippen LogP contribution in [0.1, 0.15) is 20.3 Å². The maximum absolute atomic E-state index is 9.68. The minimum absolute atomic E-state index is 0.419. The first-order valence-corrected chi connectivity index (χ1v) is 2.61. The predicted molar refractivity (Wildman–Crippen MR) is 34.3 cm³/mol. The van der Waals surface area contributed by atoms with Crippen molar-refractivity contribution in [2.24, 2.45) is 0 Å². The van der Waals surface area contributed by atoms with E-state index in [-0.39, 0.29) is 0 Å². The molecule has 49 valence electrons. The molecule has 0 amide bonds. The maximum atomic E-state index is 9.68. The molecule has 0 fully saturated rings. The molecular formula is C7H9O2. The van der Waals surface area contributed by atoms with Crippen LogP contribution in [0.4, 0.5) is 0 Å². The SMILES string of the molecule is C#CCC(C)(C)O[C]=O. The van der Waals surface area contributed by atoms with Crippen molar-refractivity contribution in [2.75, 3.05) is 0 Å². The molecule has 0 saturated heterocycles. The Hall–Kier alpha value is -0.970. The Morgan fingerprint density at radius 3 is 2.56 bits per heavy atom. The zero-order chi connectivity index (χ0) is 7.33. The molecule has 9 heavy (non-hydrogen) atoms. The van der Waals surface area contributed by atoms with Crippen LogP contribution in [-0.2, 0) is 9.53 Å². The molecule has 0 aromatic carbocycles. The lowest BCUT2D eigenvalue weighted by molar-refractivity contribution is 0.0948. The molecule has 0 heterocycles. The number of ether oxygens (including phenoxy) is 1. The first-order valence-electron chi connectivity index (χ1n) is 2.61. The summed E-state index contributed by atoms with van der Waals surface area (Å²) in [4.78, 5) is 9.68. The van der Waals surface area contributed by atoms with Gasteiger partial charge in [-0.05, 0) is 13.8 Å². The van der Waals surface area contributed by atoms with E-state index in [0.29, 0.717) is 6.42 Å². The van der Waals surface area contributed by atoms with Gasteiger partial charge in [-0.25, -0.2) is 4.79 Å². The molecule has 0 rings (SSSR count). The Morgan fingerprint density at radius 1 is 1.67 bits per heavy atom. The lowest BCUT2D eigenvalue weighted by atomic mass is 10.1. The standard InChI is InChI=1S/C7H9O2/c1-4-5-7(2,3)9-6-8/h1H,5H2,2-3H3. The molecule has 0 N–H and O–H groups in total. The second-order valence-corrected chi connectivity index (χ2v) is 2.33. The van der Waals surface area contributed by atoms with Crippen LogP contribution in [0.15, 0.2) is 0 Å². The first kappa shape index (κ1) is 8.03. The van der Waals surface area contributed by atoms with Crippen LogP contribution in [0.3, 0.4) is 0 Å². The lowest BCUT2D eigenvalue weighted by Gasteiger charge is -2.17. The van der Waals surface area contributed by atoms with Crippen molar-refractivity contribution >= 4 is 6.47 Å². The van der Waals surface area contributed by atoms with Gasteiger partial charge in [0.15, 0.2) is 0 Å². The minimum atomic E-state index is -0.559. The number of rotatable bonds is 3. The van der Waals surface area contributed by atoms with E-state index in [0.717, 1.165) is 0 Å². The second kappa shape index (κ2) is 3.13. The summed E-state index contributed by atoms with van der Waals surface area (Å²) in [5.74, 6) is 2.39. The highest BCUT2D eigenvalue weighted by molar-refractivity contribution is 5.39. The van der Waals surface area contributed by atoms with E-state index in [1.807, 2.05) is 0 Å². The third kappa shape index (κ3) is 3.60. The van der Waals surface area contributed by atoms with E-state index in [1.165, 1.54) is 6.47 Å². The monoisotopic (exact) mass is 125 g/mol. The largest absolute Gasteiger partial charge is 0.450 e. The summed E-state index contributed by atoms with van der Waals surface area (Å²) in [6, 6.07) is 0. The Bertz CT molecular complexity index is 130. The quantitative estimate of drug-likeness (QED) is 0.523. The highest BCUT2D eigenvalue weighted by Crippen LogP contribution is 2.10. The van der Waals surface area contributed by atoms with E-state index >= 15 is 0 Å². The first-order chi connectivity index (χ1) is 4.12. The van der Waals surface area contributed by atoms with Crippen molar-refractivity contribution in [1.29, 1.82) is 0 Å². The molecule has 1 radical (unpaired) electrons. The normalized spacial score (nSPS) is 9.89. The molecule has 0 unspecified atom stereocenters. The third-order valence-corrected chi connectivity index (χ3v) is 0.846. The van der Waals surface area contributed by atoms with Crippen molar-refractivity contribution < 1.29 is 9.53 Å². The van der Waals surface area contributed by atoms with Crippen molar-refractivity contribution in [1.82, 2.24) is 0 Å². The van der Waals surface area contributed by atoms with Gasteiger partial charge >= 0.3 is 6.47 Å². The van der Waals surface area contributed by atoms with Gasteiger partial charge in [0, 0.05) is 6.42 Å². The summed E-state index contributed by atoms with van der Waals surface area (Å²) in [5, 5.41) is 0. The summed E-state index contributed by atoms with van der Waals surface area (Å²) in [7, 11) is 0. The zero-order valence-corrected chi connectivity index (χ0v) is 5.60. The minimum Gasteiger partial charge on any atom is -0.450 e. The Balaban J connectivity index is 3.73. The van der Waals surface area contributed by atoms with Gasteiger partial charge in [0.25, 0.3) is 0 Å². The summed E-state index contributed by atoms with van der Waals surface area (Å²) in [5.41, 5.74) is -0.559. The lowest BCUT2D eigenvalue weighted by Crippen LogP contribution is -2.22. The van der Waals surface area contributed by atoms with Gasteiger partial charge in [-0.2, -0.15) is 0 Å². The van der Waals surface area contributed by atoms with Crippen LogP contribution in [-0.4, -0.2) is 12.1 Å². The summed E-state index contributed by atoms with van der Waals surface area (Å²) >= 11 is 0. The molecule has 0 spiro atoms. The van der Waals surface area contributed by atoms with Crippen molar-refractivity contribution in [3.05, 3.63) is 0 Å². The van der Waals surface area contributed by atoms with Crippen LogP contribution in [0.2, 0.25) is 0 Å². The fraction of sp³-hybridized carbons (Fsp3) is 0.571. The van der Waals surface area contributed by atoms with E-state index in [9.17, 15) is 4.79 Å². The number of hydrogen-bond donors (Lipinski definition) is 0. The fourth-order valence-electron chi connectivity index (χ4n) is 0.395. The smallest absolute Gasteiger partial charge is 0.418 e. The molecule has 0 atom stereocenters. The summed E-state index contributed by atoms with van der Waals surface area (Å²) < 4.78 is 4.52. The Labute approximate surface area is 55.2 Å². The average molecular weight is 125 g/mol. The zero-order valence-electron chi connectivity index (χ0n) is 5.60. The van der Waals surface area contributed by atoms with Crippen molar-refractivity contribution in [2.45, 2.75) is 25.9 Å². The number of carbonyl (C=O) groups excluding carboxylic acids is 1. The van der Waals surface area contributed by atoms with Crippen LogP contribution >= 0.6 is 0 Å². The molecule has 0 aliphatic carbocycles. The molecule has 0 aliphatic heterocycles. The number of hydrogen-bond acceptors (Lipinski definition) is 2. The molecule has 0 bridgehead atoms. The summed E-state index contributed by atoms with van der Waals surface area (Å²) in [6.07, 6.45) is 5.40. The Morgan fingerprint density at radius 2 is 2.22 bits per heavy atom. The highest BCUT2D eigenvalue weighted by Gasteiger charge is 2.16. The van der Waals surface area contributed by atoms with Gasteiger partial charge in [-0.3, -0.25) is 0 Å². The molecule has 0 aromatic rings. The second-order valence-electron chi connectivity index (χ2n) is 2.33. The molecule has 2 heteroatoms. The van der Waals surface area contributed by atoms with Gasteiger partial charge < -0.3 is 4.74 Å². The predicted octanol–water partition coefficient (Wildman–Crippen LogP) is 0.872. The molecule has 0 aliphatic rings. The van der Waals surface area contributed by atoms with Crippen LogP contribution < -0.4 is 0 Å². The van der Waals surface area contributed by atoms with Gasteiger partial charge in [0.05, 0.1) is 0 Å². The van der Waals surface area contributed by atoms with Gasteiger partial charge in [-0.15, -0.1) is 12.3 Å². The average Bonchev–Trinajstić information content (AvgIpc) is 1.64. The third-order valence-electron chi connectivity index (χ3n) is 0.846.